The maximum Gasteiger partial charge on any atom is 0.252 e. The van der Waals surface area contributed by atoms with Gasteiger partial charge in [-0.05, 0) is 53.4 Å². The number of carbonyl (C=O) groups is 2. The van der Waals surface area contributed by atoms with Crippen molar-refractivity contribution in [2.75, 3.05) is 4.90 Å². The minimum Gasteiger partial charge on any atom is -0.274 e. The molecular formula is C26H25ClN2O4S. The largest absolute Gasteiger partial charge is 0.274 e. The van der Waals surface area contributed by atoms with Crippen molar-refractivity contribution < 1.29 is 18.0 Å². The molecule has 1 unspecified atom stereocenters. The van der Waals surface area contributed by atoms with Gasteiger partial charge in [0.2, 0.25) is 15.9 Å². The summed E-state index contributed by atoms with van der Waals surface area (Å²) in [7, 11) is -4.10. The molecule has 1 fully saturated rings. The number of hydrogen-bond acceptors (Lipinski definition) is 4. The van der Waals surface area contributed by atoms with E-state index in [2.05, 4.69) is 13.8 Å². The molecule has 1 aliphatic rings. The first kappa shape index (κ1) is 24.1. The molecule has 34 heavy (non-hydrogen) atoms. The van der Waals surface area contributed by atoms with Gasteiger partial charge in [0.15, 0.2) is 0 Å². The number of rotatable bonds is 7. The zero-order valence-electron chi connectivity index (χ0n) is 18.9. The number of imide groups is 1. The third-order valence-electron chi connectivity index (χ3n) is 5.89. The normalized spacial score (nSPS) is 16.6. The minimum atomic E-state index is -4.10. The van der Waals surface area contributed by atoms with Crippen molar-refractivity contribution in [3.8, 4) is 0 Å². The van der Waals surface area contributed by atoms with Crippen molar-refractivity contribution in [1.29, 1.82) is 0 Å². The van der Waals surface area contributed by atoms with Gasteiger partial charge in [-0.2, -0.15) is 4.31 Å². The van der Waals surface area contributed by atoms with Crippen molar-refractivity contribution in [2.45, 2.75) is 43.7 Å². The summed E-state index contributed by atoms with van der Waals surface area (Å²) in [6.07, 6.45) is -0.232. The van der Waals surface area contributed by atoms with E-state index in [9.17, 15) is 18.0 Å². The Morgan fingerprint density at radius 3 is 2.15 bits per heavy atom. The molecule has 3 aromatic carbocycles. The van der Waals surface area contributed by atoms with Crippen LogP contribution in [0.2, 0.25) is 5.02 Å². The minimum absolute atomic E-state index is 0.00724. The monoisotopic (exact) mass is 496 g/mol. The number of halogens is 1. The van der Waals surface area contributed by atoms with Crippen LogP contribution in [0.4, 0.5) is 5.69 Å². The van der Waals surface area contributed by atoms with Crippen LogP contribution in [0.1, 0.15) is 37.3 Å². The predicted molar refractivity (Wildman–Crippen MR) is 132 cm³/mol. The van der Waals surface area contributed by atoms with Gasteiger partial charge in [0.25, 0.3) is 5.91 Å². The summed E-state index contributed by atoms with van der Waals surface area (Å²) in [6.45, 7) is 4.07. The highest BCUT2D eigenvalue weighted by Crippen LogP contribution is 2.31. The van der Waals surface area contributed by atoms with Gasteiger partial charge in [-0.15, -0.1) is 0 Å². The van der Waals surface area contributed by atoms with Gasteiger partial charge in [0, 0.05) is 11.6 Å². The Labute approximate surface area is 204 Å². The molecule has 0 saturated carbocycles. The first-order valence-electron chi connectivity index (χ1n) is 11.0. The SMILES string of the molecule is CC(C)c1ccc(N2C(=O)CC(N(Cc3ccccc3)S(=O)(=O)c3ccc(Cl)cc3)C2=O)cc1. The van der Waals surface area contributed by atoms with Crippen molar-refractivity contribution >= 4 is 39.1 Å². The van der Waals surface area contributed by atoms with Crippen LogP contribution in [0, 0.1) is 0 Å². The van der Waals surface area contributed by atoms with E-state index in [0.29, 0.717) is 22.2 Å². The average molecular weight is 497 g/mol. The standard InChI is InChI=1S/C26H25ClN2O4S/c1-18(2)20-8-12-22(13-9-20)29-25(30)16-24(26(29)31)28(17-19-6-4-3-5-7-19)34(32,33)23-14-10-21(27)11-15-23/h3-15,18,24H,16-17H2,1-2H3. The Hall–Kier alpha value is -3.00. The molecule has 1 saturated heterocycles. The third-order valence-corrected chi connectivity index (χ3v) is 8.01. The van der Waals surface area contributed by atoms with Gasteiger partial charge in [-0.25, -0.2) is 13.3 Å². The highest BCUT2D eigenvalue weighted by molar-refractivity contribution is 7.89. The molecule has 1 heterocycles. The fourth-order valence-electron chi connectivity index (χ4n) is 3.99. The first-order valence-corrected chi connectivity index (χ1v) is 12.8. The maximum absolute atomic E-state index is 13.7. The van der Waals surface area contributed by atoms with Crippen molar-refractivity contribution in [2.24, 2.45) is 0 Å². The summed E-state index contributed by atoms with van der Waals surface area (Å²) in [5, 5.41) is 0.400. The Bertz CT molecular complexity index is 1290. The van der Waals surface area contributed by atoms with Crippen LogP contribution in [0.3, 0.4) is 0 Å². The molecule has 1 aliphatic heterocycles. The molecule has 0 aromatic heterocycles. The molecule has 0 N–H and O–H groups in total. The van der Waals surface area contributed by atoms with Crippen LogP contribution in [0.5, 0.6) is 0 Å². The van der Waals surface area contributed by atoms with Gasteiger partial charge < -0.3 is 0 Å². The molecule has 3 aromatic rings. The van der Waals surface area contributed by atoms with Crippen LogP contribution >= 0.6 is 11.6 Å². The summed E-state index contributed by atoms with van der Waals surface area (Å²) in [5.74, 6) is -0.690. The Morgan fingerprint density at radius 1 is 0.941 bits per heavy atom. The number of hydrogen-bond donors (Lipinski definition) is 0. The van der Waals surface area contributed by atoms with Crippen LogP contribution in [-0.4, -0.2) is 30.6 Å². The van der Waals surface area contributed by atoms with Crippen molar-refractivity contribution in [1.82, 2.24) is 4.31 Å². The van der Waals surface area contributed by atoms with Gasteiger partial charge >= 0.3 is 0 Å². The number of amides is 2. The number of benzene rings is 3. The highest BCUT2D eigenvalue weighted by atomic mass is 35.5. The molecular weight excluding hydrogens is 472 g/mol. The number of sulfonamides is 1. The lowest BCUT2D eigenvalue weighted by Crippen LogP contribution is -2.45. The predicted octanol–water partition coefficient (Wildman–Crippen LogP) is 4.99. The number of carbonyl (C=O) groups excluding carboxylic acids is 2. The summed E-state index contributed by atoms with van der Waals surface area (Å²) >= 11 is 5.94. The second-order valence-corrected chi connectivity index (χ2v) is 10.9. The van der Waals surface area contributed by atoms with Crippen LogP contribution < -0.4 is 4.90 Å². The van der Waals surface area contributed by atoms with Crippen molar-refractivity contribution in [3.63, 3.8) is 0 Å². The molecule has 2 amide bonds. The molecule has 8 heteroatoms. The first-order chi connectivity index (χ1) is 16.2. The van der Waals surface area contributed by atoms with Gasteiger partial charge in [-0.3, -0.25) is 9.59 Å². The molecule has 1 atom stereocenters. The Kier molecular flexibility index (Phi) is 6.89. The van der Waals surface area contributed by atoms with Crippen molar-refractivity contribution in [3.05, 3.63) is 95.0 Å². The van der Waals surface area contributed by atoms with Crippen LogP contribution in [-0.2, 0) is 26.2 Å². The molecule has 0 aliphatic carbocycles. The summed E-state index contributed by atoms with van der Waals surface area (Å²) in [6, 6.07) is 20.8. The van der Waals surface area contributed by atoms with E-state index >= 15 is 0 Å². The molecule has 6 nitrogen and oxygen atoms in total. The quantitative estimate of drug-likeness (QED) is 0.432. The fourth-order valence-corrected chi connectivity index (χ4v) is 5.68. The average Bonchev–Trinajstić information content (AvgIpc) is 3.11. The zero-order valence-corrected chi connectivity index (χ0v) is 20.5. The lowest BCUT2D eigenvalue weighted by Gasteiger charge is -2.27. The number of nitrogens with zero attached hydrogens (tertiary/aromatic N) is 2. The second kappa shape index (κ2) is 9.70. The van der Waals surface area contributed by atoms with Gasteiger partial charge in [-0.1, -0.05) is 67.9 Å². The van der Waals surface area contributed by atoms with E-state index in [1.807, 2.05) is 18.2 Å². The molecule has 0 bridgehead atoms. The lowest BCUT2D eigenvalue weighted by atomic mass is 10.0. The van der Waals surface area contributed by atoms with E-state index in [1.165, 1.54) is 24.3 Å². The third kappa shape index (κ3) is 4.78. The zero-order chi connectivity index (χ0) is 24.5. The van der Waals surface area contributed by atoms with Crippen LogP contribution in [0.15, 0.2) is 83.8 Å². The smallest absolute Gasteiger partial charge is 0.252 e. The maximum atomic E-state index is 13.7. The van der Waals surface area contributed by atoms with E-state index in [0.717, 1.165) is 14.8 Å². The molecule has 4 rings (SSSR count). The van der Waals surface area contributed by atoms with Gasteiger partial charge in [0.1, 0.15) is 6.04 Å². The second-order valence-electron chi connectivity index (χ2n) is 8.52. The van der Waals surface area contributed by atoms with E-state index in [-0.39, 0.29) is 17.9 Å². The Morgan fingerprint density at radius 2 is 1.56 bits per heavy atom. The summed E-state index contributed by atoms with van der Waals surface area (Å²) < 4.78 is 28.4. The summed E-state index contributed by atoms with van der Waals surface area (Å²) in [4.78, 5) is 27.5. The molecule has 0 radical (unpaired) electrons. The summed E-state index contributed by atoms with van der Waals surface area (Å²) in [5.41, 5.74) is 2.22. The Balaban J connectivity index is 1.72. The molecule has 176 valence electrons. The van der Waals surface area contributed by atoms with E-state index < -0.39 is 27.9 Å². The topological polar surface area (TPSA) is 74.8 Å². The van der Waals surface area contributed by atoms with Crippen LogP contribution in [0.25, 0.3) is 0 Å². The van der Waals surface area contributed by atoms with E-state index in [1.54, 1.807) is 36.4 Å². The lowest BCUT2D eigenvalue weighted by molar-refractivity contribution is -0.122. The molecule has 0 spiro atoms. The highest BCUT2D eigenvalue weighted by Gasteiger charge is 2.47. The van der Waals surface area contributed by atoms with Gasteiger partial charge in [0.05, 0.1) is 17.0 Å². The fraction of sp³-hybridized carbons (Fsp3) is 0.231. The number of anilines is 1. The van der Waals surface area contributed by atoms with E-state index in [4.69, 9.17) is 11.6 Å².